The number of likely N-dealkylation sites (N-methyl/N-ethyl adjacent to an activating group) is 1. The van der Waals surface area contributed by atoms with Gasteiger partial charge in [0.15, 0.2) is 6.61 Å². The first-order valence-electron chi connectivity index (χ1n) is 6.89. The number of carbonyl (C=O) groups excluding carboxylic acids is 4. The zero-order valence-corrected chi connectivity index (χ0v) is 13.5. The van der Waals surface area contributed by atoms with Crippen LogP contribution in [0.4, 0.5) is 4.79 Å². The van der Waals surface area contributed by atoms with Crippen molar-refractivity contribution < 1.29 is 23.9 Å². The van der Waals surface area contributed by atoms with Crippen LogP contribution in [-0.2, 0) is 14.4 Å². The van der Waals surface area contributed by atoms with Crippen molar-refractivity contribution in [3.8, 4) is 5.75 Å². The smallest absolute Gasteiger partial charge is 0.327 e. The molecule has 1 aromatic rings. The summed E-state index contributed by atoms with van der Waals surface area (Å²) < 4.78 is 5.19. The van der Waals surface area contributed by atoms with Crippen molar-refractivity contribution in [3.63, 3.8) is 0 Å². The molecule has 10 heteroatoms. The van der Waals surface area contributed by atoms with Crippen LogP contribution < -0.4 is 15.6 Å². The molecule has 0 atom stereocenters. The fourth-order valence-corrected chi connectivity index (χ4v) is 2.08. The van der Waals surface area contributed by atoms with E-state index < -0.39 is 30.3 Å². The Labute approximate surface area is 142 Å². The molecule has 1 aromatic carbocycles. The number of para-hydroxylation sites is 1. The number of hydrogen-bond donors (Lipinski definition) is 2. The van der Waals surface area contributed by atoms with Crippen molar-refractivity contribution in [3.05, 3.63) is 29.3 Å². The molecular weight excluding hydrogens is 340 g/mol. The van der Waals surface area contributed by atoms with Gasteiger partial charge >= 0.3 is 6.03 Å². The number of hydrazine groups is 1. The lowest BCUT2D eigenvalue weighted by atomic mass is 10.3. The molecule has 0 spiro atoms. The van der Waals surface area contributed by atoms with Gasteiger partial charge in [0.05, 0.1) is 5.02 Å². The van der Waals surface area contributed by atoms with Crippen LogP contribution in [0.2, 0.25) is 5.02 Å². The lowest BCUT2D eigenvalue weighted by Gasteiger charge is -2.14. The molecule has 2 rings (SSSR count). The van der Waals surface area contributed by atoms with Crippen molar-refractivity contribution in [2.45, 2.75) is 0 Å². The van der Waals surface area contributed by atoms with Crippen molar-refractivity contribution >= 4 is 35.4 Å². The predicted molar refractivity (Wildman–Crippen MR) is 83.0 cm³/mol. The van der Waals surface area contributed by atoms with Gasteiger partial charge in [-0.25, -0.2) is 4.79 Å². The van der Waals surface area contributed by atoms with Crippen molar-refractivity contribution in [1.82, 2.24) is 20.7 Å². The van der Waals surface area contributed by atoms with Gasteiger partial charge in [0.2, 0.25) is 0 Å². The van der Waals surface area contributed by atoms with Crippen LogP contribution in [0.25, 0.3) is 0 Å². The van der Waals surface area contributed by atoms with Crippen molar-refractivity contribution in [2.24, 2.45) is 0 Å². The van der Waals surface area contributed by atoms with E-state index in [4.69, 9.17) is 16.3 Å². The van der Waals surface area contributed by atoms with Crippen LogP contribution in [0.3, 0.4) is 0 Å². The molecule has 0 radical (unpaired) electrons. The molecule has 128 valence electrons. The van der Waals surface area contributed by atoms with Gasteiger partial charge in [-0.05, 0) is 12.1 Å². The summed E-state index contributed by atoms with van der Waals surface area (Å²) in [5.41, 5.74) is 4.22. The Morgan fingerprint density at radius 1 is 1.21 bits per heavy atom. The summed E-state index contributed by atoms with van der Waals surface area (Å²) in [4.78, 5) is 48.4. The van der Waals surface area contributed by atoms with Crippen LogP contribution in [0.15, 0.2) is 24.3 Å². The molecule has 24 heavy (non-hydrogen) atoms. The first-order valence-corrected chi connectivity index (χ1v) is 7.26. The molecule has 2 N–H and O–H groups in total. The zero-order valence-electron chi connectivity index (χ0n) is 12.7. The molecule has 9 nitrogen and oxygen atoms in total. The van der Waals surface area contributed by atoms with Gasteiger partial charge in [-0.15, -0.1) is 0 Å². The minimum Gasteiger partial charge on any atom is -0.482 e. The Morgan fingerprint density at radius 2 is 1.88 bits per heavy atom. The van der Waals surface area contributed by atoms with Gasteiger partial charge in [0.1, 0.15) is 18.8 Å². The third-order valence-electron chi connectivity index (χ3n) is 3.07. The molecule has 1 aliphatic rings. The van der Waals surface area contributed by atoms with Crippen LogP contribution in [0.1, 0.15) is 0 Å². The van der Waals surface area contributed by atoms with Gasteiger partial charge in [-0.3, -0.25) is 30.1 Å². The summed E-state index contributed by atoms with van der Waals surface area (Å²) in [6.45, 7) is -0.924. The Kier molecular flexibility index (Phi) is 5.59. The lowest BCUT2D eigenvalue weighted by Crippen LogP contribution is -2.49. The molecule has 5 amide bonds. The van der Waals surface area contributed by atoms with E-state index in [1.54, 1.807) is 24.3 Å². The summed E-state index contributed by atoms with van der Waals surface area (Å²) in [5.74, 6) is -1.49. The van der Waals surface area contributed by atoms with Gasteiger partial charge in [0.25, 0.3) is 17.7 Å². The summed E-state index contributed by atoms with van der Waals surface area (Å²) in [6.07, 6.45) is 0. The van der Waals surface area contributed by atoms with Gasteiger partial charge in [0, 0.05) is 7.05 Å². The Balaban J connectivity index is 1.74. The number of hydrogen-bond acceptors (Lipinski definition) is 5. The third-order valence-corrected chi connectivity index (χ3v) is 3.38. The van der Waals surface area contributed by atoms with Crippen LogP contribution in [0.5, 0.6) is 5.75 Å². The molecule has 0 saturated carbocycles. The number of ether oxygens (including phenoxy) is 1. The Bertz CT molecular complexity index is 681. The van der Waals surface area contributed by atoms with E-state index in [2.05, 4.69) is 10.9 Å². The number of nitrogens with one attached hydrogen (secondary N) is 2. The number of imide groups is 1. The van der Waals surface area contributed by atoms with Gasteiger partial charge in [-0.1, -0.05) is 23.7 Å². The zero-order chi connectivity index (χ0) is 17.7. The van der Waals surface area contributed by atoms with Crippen molar-refractivity contribution in [2.75, 3.05) is 26.7 Å². The SMILES string of the molecule is CN1CC(=O)N(CC(=O)NNC(=O)COc2ccccc2Cl)C1=O. The maximum atomic E-state index is 11.7. The Hall–Kier alpha value is -2.81. The molecule has 1 aliphatic heterocycles. The lowest BCUT2D eigenvalue weighted by molar-refractivity contribution is -0.133. The molecule has 0 aliphatic carbocycles. The summed E-state index contributed by atoms with van der Waals surface area (Å²) >= 11 is 5.87. The highest BCUT2D eigenvalue weighted by atomic mass is 35.5. The van der Waals surface area contributed by atoms with Crippen LogP contribution in [-0.4, -0.2) is 60.3 Å². The predicted octanol–water partition coefficient (Wildman–Crippen LogP) is -0.240. The molecule has 1 saturated heterocycles. The van der Waals surface area contributed by atoms with Gasteiger partial charge in [-0.2, -0.15) is 0 Å². The van der Waals surface area contributed by atoms with E-state index in [0.717, 1.165) is 4.90 Å². The Morgan fingerprint density at radius 3 is 2.50 bits per heavy atom. The summed E-state index contributed by atoms with van der Waals surface area (Å²) in [5, 5.41) is 0.351. The molecule has 0 unspecified atom stereocenters. The number of carbonyl (C=O) groups is 4. The van der Waals surface area contributed by atoms with Crippen LogP contribution in [0, 0.1) is 0 Å². The number of nitrogens with zero attached hydrogens (tertiary/aromatic N) is 2. The van der Waals surface area contributed by atoms with E-state index in [1.165, 1.54) is 11.9 Å². The third kappa shape index (κ3) is 4.35. The van der Waals surface area contributed by atoms with E-state index in [1.807, 2.05) is 0 Å². The number of urea groups is 1. The number of halogens is 1. The maximum Gasteiger partial charge on any atom is 0.327 e. The highest BCUT2D eigenvalue weighted by molar-refractivity contribution is 6.32. The number of benzene rings is 1. The molecular formula is C14H15ClN4O5. The molecule has 0 bridgehead atoms. The van der Waals surface area contributed by atoms with E-state index in [-0.39, 0.29) is 13.2 Å². The van der Waals surface area contributed by atoms with Crippen LogP contribution >= 0.6 is 11.6 Å². The standard InChI is InChI=1S/C14H15ClN4O5/c1-18-7-13(22)19(14(18)23)6-11(20)16-17-12(21)8-24-10-5-3-2-4-9(10)15/h2-5H,6-8H2,1H3,(H,16,20)(H,17,21). The van der Waals surface area contributed by atoms with E-state index in [0.29, 0.717) is 10.8 Å². The largest absolute Gasteiger partial charge is 0.482 e. The van der Waals surface area contributed by atoms with E-state index in [9.17, 15) is 19.2 Å². The van der Waals surface area contributed by atoms with Gasteiger partial charge < -0.3 is 9.64 Å². The van der Waals surface area contributed by atoms with Crippen molar-refractivity contribution in [1.29, 1.82) is 0 Å². The second-order valence-corrected chi connectivity index (χ2v) is 5.34. The topological polar surface area (TPSA) is 108 Å². The summed E-state index contributed by atoms with van der Waals surface area (Å²) in [6, 6.07) is 6.05. The second-order valence-electron chi connectivity index (χ2n) is 4.93. The average molecular weight is 355 g/mol. The minimum atomic E-state index is -0.710. The minimum absolute atomic E-state index is 0.0792. The molecule has 0 aromatic heterocycles. The quantitative estimate of drug-likeness (QED) is 0.560. The molecule has 1 heterocycles. The van der Waals surface area contributed by atoms with E-state index >= 15 is 0 Å². The normalized spacial score (nSPS) is 13.9. The number of rotatable bonds is 5. The average Bonchev–Trinajstić information content (AvgIpc) is 2.78. The highest BCUT2D eigenvalue weighted by Gasteiger charge is 2.34. The molecule has 1 fully saturated rings. The summed E-state index contributed by atoms with van der Waals surface area (Å²) in [7, 11) is 1.45. The second kappa shape index (κ2) is 7.64. The first kappa shape index (κ1) is 17.5. The monoisotopic (exact) mass is 354 g/mol. The maximum absolute atomic E-state index is 11.7. The fourth-order valence-electron chi connectivity index (χ4n) is 1.89. The first-order chi connectivity index (χ1) is 11.4. The number of amides is 5. The fraction of sp³-hybridized carbons (Fsp3) is 0.286. The highest BCUT2D eigenvalue weighted by Crippen LogP contribution is 2.22.